The normalized spacial score (nSPS) is 20.4. The van der Waals surface area contributed by atoms with Gasteiger partial charge >= 0.3 is 0 Å². The molecule has 18 heavy (non-hydrogen) atoms. The fourth-order valence-corrected chi connectivity index (χ4v) is 2.12. The summed E-state index contributed by atoms with van der Waals surface area (Å²) in [4.78, 5) is 2.26. The molecule has 1 aromatic rings. The average molecular weight is 245 g/mol. The lowest BCUT2D eigenvalue weighted by Gasteiger charge is -2.30. The maximum Gasteiger partial charge on any atom is 0.101 e. The van der Waals surface area contributed by atoms with E-state index in [-0.39, 0.29) is 6.10 Å². The summed E-state index contributed by atoms with van der Waals surface area (Å²) in [5, 5.41) is 12.4. The van der Waals surface area contributed by atoms with Crippen molar-refractivity contribution in [2.24, 2.45) is 0 Å². The molecule has 4 nitrogen and oxygen atoms in total. The van der Waals surface area contributed by atoms with Crippen molar-refractivity contribution in [2.45, 2.75) is 13.0 Å². The number of hydrogen-bond acceptors (Lipinski definition) is 4. The Morgan fingerprint density at radius 3 is 3.11 bits per heavy atom. The third-order valence-electron chi connectivity index (χ3n) is 3.16. The first-order chi connectivity index (χ1) is 8.69. The number of nitrogens with one attached hydrogen (secondary N) is 1. The summed E-state index contributed by atoms with van der Waals surface area (Å²) < 4.78 is 5.69. The number of anilines is 1. The molecule has 1 fully saturated rings. The van der Waals surface area contributed by atoms with Crippen molar-refractivity contribution in [1.82, 2.24) is 4.90 Å². The van der Waals surface area contributed by atoms with Crippen LogP contribution >= 0.6 is 0 Å². The summed E-state index contributed by atoms with van der Waals surface area (Å²) in [5.41, 5.74) is 2.73. The second-order valence-electron chi connectivity index (χ2n) is 4.80. The van der Waals surface area contributed by atoms with E-state index in [2.05, 4.69) is 23.3 Å². The molecule has 1 aromatic carbocycles. The summed E-state index contributed by atoms with van der Waals surface area (Å²) >= 11 is 0. The van der Waals surface area contributed by atoms with E-state index in [1.165, 1.54) is 0 Å². The Bertz CT molecular complexity index is 453. The number of aryl methyl sites for hydroxylation is 1. The van der Waals surface area contributed by atoms with Crippen LogP contribution in [0, 0.1) is 18.3 Å². The molecule has 1 aliphatic heterocycles. The second kappa shape index (κ2) is 5.85. The molecule has 1 N–H and O–H groups in total. The highest BCUT2D eigenvalue weighted by atomic mass is 16.5. The first kappa shape index (κ1) is 12.9. The van der Waals surface area contributed by atoms with E-state index in [1.54, 1.807) is 0 Å². The zero-order valence-electron chi connectivity index (χ0n) is 10.9. The first-order valence-electron chi connectivity index (χ1n) is 6.24. The summed E-state index contributed by atoms with van der Waals surface area (Å²) in [7, 11) is 2.10. The van der Waals surface area contributed by atoms with Crippen LogP contribution in [0.15, 0.2) is 18.2 Å². The highest BCUT2D eigenvalue weighted by molar-refractivity contribution is 5.58. The number of hydrogen-bond donors (Lipinski definition) is 1. The second-order valence-corrected chi connectivity index (χ2v) is 4.80. The van der Waals surface area contributed by atoms with Crippen molar-refractivity contribution < 1.29 is 4.74 Å². The minimum Gasteiger partial charge on any atom is -0.381 e. The molecular formula is C14H19N3O. The molecule has 0 saturated carbocycles. The van der Waals surface area contributed by atoms with E-state index in [4.69, 9.17) is 10.00 Å². The standard InChI is InChI=1S/C14H19N3O/c1-11-3-4-12(8-15)14(7-11)16-9-13-10-17(2)5-6-18-13/h3-4,7,13,16H,5-6,9-10H2,1-2H3. The van der Waals surface area contributed by atoms with Crippen LogP contribution in [0.3, 0.4) is 0 Å². The van der Waals surface area contributed by atoms with Crippen LogP contribution in [0.5, 0.6) is 0 Å². The summed E-state index contributed by atoms with van der Waals surface area (Å²) in [6, 6.07) is 8.02. The minimum atomic E-state index is 0.191. The van der Waals surface area contributed by atoms with Crippen molar-refractivity contribution in [2.75, 3.05) is 38.6 Å². The highest BCUT2D eigenvalue weighted by Crippen LogP contribution is 2.17. The molecule has 0 aromatic heterocycles. The lowest BCUT2D eigenvalue weighted by atomic mass is 10.1. The fraction of sp³-hybridized carbons (Fsp3) is 0.500. The molecule has 0 aliphatic carbocycles. The topological polar surface area (TPSA) is 48.3 Å². The van der Waals surface area contributed by atoms with Gasteiger partial charge in [0.2, 0.25) is 0 Å². The van der Waals surface area contributed by atoms with Crippen LogP contribution in [0.1, 0.15) is 11.1 Å². The van der Waals surface area contributed by atoms with Crippen molar-refractivity contribution in [1.29, 1.82) is 5.26 Å². The van der Waals surface area contributed by atoms with Gasteiger partial charge in [-0.15, -0.1) is 0 Å². The number of rotatable bonds is 3. The Morgan fingerprint density at radius 2 is 2.39 bits per heavy atom. The summed E-state index contributed by atoms with van der Waals surface area (Å²) in [6.45, 7) is 5.46. The lowest BCUT2D eigenvalue weighted by Crippen LogP contribution is -2.43. The van der Waals surface area contributed by atoms with Crippen molar-refractivity contribution >= 4 is 5.69 Å². The molecule has 1 unspecified atom stereocenters. The molecule has 1 aliphatic rings. The Morgan fingerprint density at radius 1 is 1.56 bits per heavy atom. The van der Waals surface area contributed by atoms with Gasteiger partial charge in [-0.2, -0.15) is 5.26 Å². The monoisotopic (exact) mass is 245 g/mol. The van der Waals surface area contributed by atoms with Crippen LogP contribution in [0.2, 0.25) is 0 Å². The number of nitriles is 1. The molecule has 96 valence electrons. The van der Waals surface area contributed by atoms with Gasteiger partial charge in [-0.1, -0.05) is 6.07 Å². The van der Waals surface area contributed by atoms with Gasteiger partial charge in [0.25, 0.3) is 0 Å². The van der Waals surface area contributed by atoms with Gasteiger partial charge in [0, 0.05) is 19.6 Å². The molecule has 0 amide bonds. The third-order valence-corrected chi connectivity index (χ3v) is 3.16. The molecule has 4 heteroatoms. The van der Waals surface area contributed by atoms with E-state index in [9.17, 15) is 0 Å². The van der Waals surface area contributed by atoms with E-state index in [0.29, 0.717) is 5.56 Å². The van der Waals surface area contributed by atoms with Gasteiger partial charge in [-0.05, 0) is 31.7 Å². The average Bonchev–Trinajstić information content (AvgIpc) is 2.37. The van der Waals surface area contributed by atoms with Crippen LogP contribution in [-0.4, -0.2) is 44.3 Å². The Labute approximate surface area is 108 Å². The SMILES string of the molecule is Cc1ccc(C#N)c(NCC2CN(C)CCO2)c1. The smallest absolute Gasteiger partial charge is 0.101 e. The van der Waals surface area contributed by atoms with Gasteiger partial charge in [0.1, 0.15) is 6.07 Å². The fourth-order valence-electron chi connectivity index (χ4n) is 2.12. The number of likely N-dealkylation sites (N-methyl/N-ethyl adjacent to an activating group) is 1. The number of nitrogens with zero attached hydrogens (tertiary/aromatic N) is 2. The number of morpholine rings is 1. The molecular weight excluding hydrogens is 226 g/mol. The van der Waals surface area contributed by atoms with Crippen LogP contribution < -0.4 is 5.32 Å². The molecule has 0 spiro atoms. The van der Waals surface area contributed by atoms with Crippen molar-refractivity contribution in [3.8, 4) is 6.07 Å². The maximum absolute atomic E-state index is 9.06. The highest BCUT2D eigenvalue weighted by Gasteiger charge is 2.17. The third kappa shape index (κ3) is 3.22. The van der Waals surface area contributed by atoms with Gasteiger partial charge in [-0.3, -0.25) is 0 Å². The Kier molecular flexibility index (Phi) is 4.19. The van der Waals surface area contributed by atoms with Crippen molar-refractivity contribution in [3.63, 3.8) is 0 Å². The zero-order chi connectivity index (χ0) is 13.0. The van der Waals surface area contributed by atoms with Crippen LogP contribution in [0.25, 0.3) is 0 Å². The van der Waals surface area contributed by atoms with E-state index < -0.39 is 0 Å². The quantitative estimate of drug-likeness (QED) is 0.879. The Balaban J connectivity index is 1.97. The van der Waals surface area contributed by atoms with Crippen LogP contribution in [0.4, 0.5) is 5.69 Å². The van der Waals surface area contributed by atoms with E-state index in [1.807, 2.05) is 25.1 Å². The summed E-state index contributed by atoms with van der Waals surface area (Å²) in [5.74, 6) is 0. The van der Waals surface area contributed by atoms with Crippen molar-refractivity contribution in [3.05, 3.63) is 29.3 Å². The zero-order valence-corrected chi connectivity index (χ0v) is 10.9. The Hall–Kier alpha value is -1.57. The molecule has 0 radical (unpaired) electrons. The molecule has 1 atom stereocenters. The lowest BCUT2D eigenvalue weighted by molar-refractivity contribution is -0.0117. The minimum absolute atomic E-state index is 0.191. The molecule has 2 rings (SSSR count). The number of benzene rings is 1. The molecule has 0 bridgehead atoms. The summed E-state index contributed by atoms with van der Waals surface area (Å²) in [6.07, 6.45) is 0.191. The maximum atomic E-state index is 9.06. The largest absolute Gasteiger partial charge is 0.381 e. The van der Waals surface area contributed by atoms with E-state index in [0.717, 1.165) is 37.5 Å². The predicted molar refractivity (Wildman–Crippen MR) is 71.6 cm³/mol. The predicted octanol–water partition coefficient (Wildman–Crippen LogP) is 1.61. The van der Waals surface area contributed by atoms with Gasteiger partial charge in [0.05, 0.1) is 24.0 Å². The van der Waals surface area contributed by atoms with Gasteiger partial charge in [0.15, 0.2) is 0 Å². The van der Waals surface area contributed by atoms with E-state index >= 15 is 0 Å². The molecule has 1 heterocycles. The van der Waals surface area contributed by atoms with Crippen LogP contribution in [-0.2, 0) is 4.74 Å². The van der Waals surface area contributed by atoms with Gasteiger partial charge < -0.3 is 15.0 Å². The first-order valence-corrected chi connectivity index (χ1v) is 6.24. The molecule has 1 saturated heterocycles. The van der Waals surface area contributed by atoms with Gasteiger partial charge in [-0.25, -0.2) is 0 Å². The number of ether oxygens (including phenoxy) is 1.